The number of hydrogen-bond acceptors (Lipinski definition) is 4. The number of rotatable bonds is 2. The van der Waals surface area contributed by atoms with Crippen LogP contribution >= 0.6 is 0 Å². The van der Waals surface area contributed by atoms with Gasteiger partial charge in [0.1, 0.15) is 0 Å². The molecule has 34 heavy (non-hydrogen) atoms. The predicted molar refractivity (Wildman–Crippen MR) is 124 cm³/mol. The van der Waals surface area contributed by atoms with Crippen molar-refractivity contribution in [2.45, 2.75) is 13.8 Å². The number of carbonyl (C=O) groups is 4. The van der Waals surface area contributed by atoms with E-state index in [1.165, 1.54) is 9.80 Å². The van der Waals surface area contributed by atoms with Gasteiger partial charge in [0, 0.05) is 0 Å². The zero-order valence-corrected chi connectivity index (χ0v) is 18.9. The van der Waals surface area contributed by atoms with Crippen molar-refractivity contribution in [2.75, 3.05) is 9.80 Å². The van der Waals surface area contributed by atoms with Crippen LogP contribution in [0, 0.1) is 61.2 Å². The molecule has 8 rings (SSSR count). The number of imide groups is 2. The Labute approximate surface area is 197 Å². The molecule has 0 aromatic heterocycles. The van der Waals surface area contributed by atoms with Crippen molar-refractivity contribution in [3.05, 3.63) is 71.8 Å². The molecule has 8 atom stereocenters. The largest absolute Gasteiger partial charge is 0.274 e. The van der Waals surface area contributed by atoms with Gasteiger partial charge in [0.15, 0.2) is 0 Å². The van der Waals surface area contributed by atoms with Crippen LogP contribution in [0.1, 0.15) is 11.1 Å². The van der Waals surface area contributed by atoms with Gasteiger partial charge in [-0.1, -0.05) is 47.5 Å². The highest BCUT2D eigenvalue weighted by atomic mass is 16.2. The number of allylic oxidation sites excluding steroid dienone is 2. The molecule has 170 valence electrons. The van der Waals surface area contributed by atoms with Gasteiger partial charge in [-0.15, -0.1) is 0 Å². The average Bonchev–Trinajstić information content (AvgIpc) is 3.19. The zero-order valence-electron chi connectivity index (χ0n) is 18.9. The number of aryl methyl sites for hydroxylation is 2. The smallest absolute Gasteiger partial charge is 0.238 e. The molecule has 2 heterocycles. The number of carbonyl (C=O) groups excluding carboxylic acids is 4. The van der Waals surface area contributed by atoms with Crippen molar-refractivity contribution in [1.29, 1.82) is 0 Å². The molecule has 0 spiro atoms. The van der Waals surface area contributed by atoms with Crippen molar-refractivity contribution < 1.29 is 19.2 Å². The summed E-state index contributed by atoms with van der Waals surface area (Å²) in [6.07, 6.45) is 4.08. The third-order valence-corrected chi connectivity index (χ3v) is 8.93. The molecule has 8 unspecified atom stereocenters. The molecule has 2 saturated heterocycles. The highest BCUT2D eigenvalue weighted by Gasteiger charge is 2.75. The van der Waals surface area contributed by atoms with E-state index >= 15 is 0 Å². The normalized spacial score (nSPS) is 37.1. The Hall–Kier alpha value is -3.54. The second-order valence-corrected chi connectivity index (χ2v) is 10.5. The maximum atomic E-state index is 13.6. The van der Waals surface area contributed by atoms with Gasteiger partial charge in [-0.3, -0.25) is 29.0 Å². The van der Waals surface area contributed by atoms with Crippen molar-refractivity contribution >= 4 is 35.0 Å². The fraction of sp³-hybridized carbons (Fsp3) is 0.357. The highest BCUT2D eigenvalue weighted by Crippen LogP contribution is 2.68. The lowest BCUT2D eigenvalue weighted by atomic mass is 9.40. The number of nitrogens with zero attached hydrogens (tertiary/aromatic N) is 2. The second kappa shape index (κ2) is 6.53. The van der Waals surface area contributed by atoms with Crippen LogP contribution < -0.4 is 9.80 Å². The van der Waals surface area contributed by atoms with Gasteiger partial charge in [0.05, 0.1) is 35.0 Å². The summed E-state index contributed by atoms with van der Waals surface area (Å²) in [6, 6.07) is 14.8. The molecular weight excluding hydrogens is 428 g/mol. The van der Waals surface area contributed by atoms with E-state index in [0.717, 1.165) is 11.1 Å². The quantitative estimate of drug-likeness (QED) is 0.518. The van der Waals surface area contributed by atoms with E-state index in [1.807, 2.05) is 74.5 Å². The monoisotopic (exact) mass is 452 g/mol. The minimum Gasteiger partial charge on any atom is -0.274 e. The molecule has 2 saturated carbocycles. The van der Waals surface area contributed by atoms with Crippen LogP contribution in [0.4, 0.5) is 11.4 Å². The third-order valence-electron chi connectivity index (χ3n) is 8.93. The first kappa shape index (κ1) is 19.9. The van der Waals surface area contributed by atoms with Gasteiger partial charge in [-0.25, -0.2) is 0 Å². The van der Waals surface area contributed by atoms with Crippen LogP contribution in [0.15, 0.2) is 60.7 Å². The first-order valence-corrected chi connectivity index (χ1v) is 12.0. The fourth-order valence-corrected chi connectivity index (χ4v) is 7.50. The summed E-state index contributed by atoms with van der Waals surface area (Å²) in [7, 11) is 0. The number of amides is 4. The van der Waals surface area contributed by atoms with Crippen molar-refractivity contribution in [3.63, 3.8) is 0 Å². The Morgan fingerprint density at radius 3 is 1.18 bits per heavy atom. The lowest BCUT2D eigenvalue weighted by Gasteiger charge is -2.60. The van der Waals surface area contributed by atoms with Crippen LogP contribution in [-0.2, 0) is 19.2 Å². The minimum atomic E-state index is -0.456. The molecule has 0 radical (unpaired) electrons. The summed E-state index contributed by atoms with van der Waals surface area (Å²) in [5.74, 6) is -2.92. The lowest BCUT2D eigenvalue weighted by Crippen LogP contribution is -2.63. The summed E-state index contributed by atoms with van der Waals surface area (Å²) in [6.45, 7) is 3.93. The Morgan fingerprint density at radius 2 is 0.824 bits per heavy atom. The molecular formula is C28H24N2O4. The molecule has 2 aromatic rings. The standard InChI is InChI=1S/C28H24N2O4/c1-13-3-7-15(8-4-13)29-25(31)21-17-11-12-18(22(21)26(29)32)20-19(17)23-24(20)28(34)30(27(23)33)16-9-5-14(2)6-10-16/h3-12,17-24H,1-2H3. The molecule has 2 aromatic carbocycles. The molecule has 2 aliphatic heterocycles. The SMILES string of the molecule is Cc1ccc(N2C(=O)C3C4C=CC(C3C2=O)C2C3C(=O)N(c5ccc(C)cc5)C(=O)C3C42)cc1. The maximum absolute atomic E-state index is 13.6. The van der Waals surface area contributed by atoms with Crippen LogP contribution in [0.2, 0.25) is 0 Å². The predicted octanol–water partition coefficient (Wildman–Crippen LogP) is 3.28. The molecule has 2 bridgehead atoms. The van der Waals surface area contributed by atoms with Crippen molar-refractivity contribution in [2.24, 2.45) is 47.3 Å². The van der Waals surface area contributed by atoms with E-state index in [-0.39, 0.29) is 47.3 Å². The highest BCUT2D eigenvalue weighted by molar-refractivity contribution is 6.25. The second-order valence-electron chi connectivity index (χ2n) is 10.5. The fourth-order valence-electron chi connectivity index (χ4n) is 7.50. The number of anilines is 2. The van der Waals surface area contributed by atoms with Crippen LogP contribution in [0.25, 0.3) is 0 Å². The van der Waals surface area contributed by atoms with E-state index < -0.39 is 23.7 Å². The molecule has 6 aliphatic rings. The zero-order chi connectivity index (χ0) is 23.5. The Kier molecular flexibility index (Phi) is 3.82. The summed E-state index contributed by atoms with van der Waals surface area (Å²) >= 11 is 0. The van der Waals surface area contributed by atoms with Crippen LogP contribution in [0.5, 0.6) is 0 Å². The summed E-state index contributed by atoms with van der Waals surface area (Å²) in [4.78, 5) is 56.7. The van der Waals surface area contributed by atoms with Gasteiger partial charge >= 0.3 is 0 Å². The molecule has 6 heteroatoms. The van der Waals surface area contributed by atoms with Gasteiger partial charge in [0.25, 0.3) is 0 Å². The number of benzene rings is 2. The van der Waals surface area contributed by atoms with Gasteiger partial charge in [0.2, 0.25) is 23.6 Å². The molecule has 4 fully saturated rings. The van der Waals surface area contributed by atoms with E-state index in [9.17, 15) is 19.2 Å². The topological polar surface area (TPSA) is 74.8 Å². The van der Waals surface area contributed by atoms with Crippen molar-refractivity contribution in [3.8, 4) is 0 Å². The minimum absolute atomic E-state index is 0.0668. The molecule has 0 N–H and O–H groups in total. The van der Waals surface area contributed by atoms with E-state index in [0.29, 0.717) is 11.4 Å². The first-order chi connectivity index (χ1) is 16.4. The third kappa shape index (κ3) is 2.26. The Balaban J connectivity index is 1.25. The number of fused-ring (bicyclic) bond motifs is 1. The van der Waals surface area contributed by atoms with Gasteiger partial charge in [-0.05, 0) is 61.8 Å². The Morgan fingerprint density at radius 1 is 0.500 bits per heavy atom. The van der Waals surface area contributed by atoms with Crippen molar-refractivity contribution in [1.82, 2.24) is 0 Å². The van der Waals surface area contributed by atoms with Gasteiger partial charge < -0.3 is 0 Å². The van der Waals surface area contributed by atoms with Gasteiger partial charge in [-0.2, -0.15) is 0 Å². The van der Waals surface area contributed by atoms with E-state index in [2.05, 4.69) is 0 Å². The maximum Gasteiger partial charge on any atom is 0.238 e. The summed E-state index contributed by atoms with van der Waals surface area (Å²) < 4.78 is 0. The number of hydrogen-bond donors (Lipinski definition) is 0. The first-order valence-electron chi connectivity index (χ1n) is 12.0. The summed E-state index contributed by atoms with van der Waals surface area (Å²) in [5.41, 5.74) is 3.32. The van der Waals surface area contributed by atoms with E-state index in [1.54, 1.807) is 0 Å². The summed E-state index contributed by atoms with van der Waals surface area (Å²) in [5, 5.41) is 0. The lowest BCUT2D eigenvalue weighted by molar-refractivity contribution is -0.166. The van der Waals surface area contributed by atoms with Crippen LogP contribution in [0.3, 0.4) is 0 Å². The molecule has 4 amide bonds. The average molecular weight is 453 g/mol. The Bertz CT molecular complexity index is 1250. The van der Waals surface area contributed by atoms with E-state index in [4.69, 9.17) is 0 Å². The van der Waals surface area contributed by atoms with Crippen LogP contribution in [-0.4, -0.2) is 23.6 Å². The molecule has 4 aliphatic carbocycles. The molecule has 6 nitrogen and oxygen atoms in total.